The Balaban J connectivity index is 3.73. The van der Waals surface area contributed by atoms with E-state index in [4.69, 9.17) is 5.73 Å². The van der Waals surface area contributed by atoms with Crippen LogP contribution in [0.25, 0.3) is 0 Å². The molecule has 0 fully saturated rings. The number of nitrogens with two attached hydrogens (primary N) is 1. The summed E-state index contributed by atoms with van der Waals surface area (Å²) in [6.07, 6.45) is 0.0202. The topological polar surface area (TPSA) is 104 Å². The Morgan fingerprint density at radius 2 is 1.82 bits per heavy atom. The quantitative estimate of drug-likeness (QED) is 0.480. The third-order valence-electron chi connectivity index (χ3n) is 2.01. The van der Waals surface area contributed by atoms with E-state index >= 15 is 0 Å². The molecule has 0 aliphatic carbocycles. The van der Waals surface area contributed by atoms with Gasteiger partial charge in [0.1, 0.15) is 0 Å². The fraction of sp³-hybridized carbons (Fsp3) is 0.818. The van der Waals surface area contributed by atoms with Gasteiger partial charge in [-0.25, -0.2) is 0 Å². The fourth-order valence-corrected chi connectivity index (χ4v) is 1.32. The number of hydrogen-bond donors (Lipinski definition) is 4. The molecule has 0 rings (SSSR count). The standard InChI is InChI=1S/C11H23N3O3/c1-11(2,3)4-8(15)6-13-10(17)7-14-9(16)5-12/h8,15H,4-7,12H2,1-3H3,(H,13,17)(H,14,16). The van der Waals surface area contributed by atoms with E-state index in [1.54, 1.807) is 0 Å². The lowest BCUT2D eigenvalue weighted by Gasteiger charge is -2.22. The van der Waals surface area contributed by atoms with Crippen LogP contribution in [-0.2, 0) is 9.59 Å². The molecule has 1 unspecified atom stereocenters. The summed E-state index contributed by atoms with van der Waals surface area (Å²) in [7, 11) is 0. The Kier molecular flexibility index (Phi) is 6.75. The normalized spacial score (nSPS) is 13.0. The zero-order valence-electron chi connectivity index (χ0n) is 10.7. The zero-order valence-corrected chi connectivity index (χ0v) is 10.7. The lowest BCUT2D eigenvalue weighted by atomic mass is 9.89. The van der Waals surface area contributed by atoms with Gasteiger partial charge in [0.2, 0.25) is 11.8 Å². The molecule has 17 heavy (non-hydrogen) atoms. The highest BCUT2D eigenvalue weighted by molar-refractivity contribution is 5.85. The molecule has 0 spiro atoms. The first-order valence-electron chi connectivity index (χ1n) is 5.66. The van der Waals surface area contributed by atoms with Crippen LogP contribution >= 0.6 is 0 Å². The molecule has 6 nitrogen and oxygen atoms in total. The van der Waals surface area contributed by atoms with Crippen molar-refractivity contribution < 1.29 is 14.7 Å². The molecule has 0 saturated heterocycles. The molecule has 6 heteroatoms. The van der Waals surface area contributed by atoms with Crippen LogP contribution < -0.4 is 16.4 Å². The summed E-state index contributed by atoms with van der Waals surface area (Å²) in [5, 5.41) is 14.5. The van der Waals surface area contributed by atoms with Crippen molar-refractivity contribution >= 4 is 11.8 Å². The first kappa shape index (κ1) is 15.9. The smallest absolute Gasteiger partial charge is 0.239 e. The van der Waals surface area contributed by atoms with Gasteiger partial charge in [0.15, 0.2) is 0 Å². The van der Waals surface area contributed by atoms with Crippen LogP contribution in [0, 0.1) is 5.41 Å². The van der Waals surface area contributed by atoms with Crippen LogP contribution in [-0.4, -0.2) is 42.7 Å². The van der Waals surface area contributed by atoms with Crippen LogP contribution in [0.1, 0.15) is 27.2 Å². The largest absolute Gasteiger partial charge is 0.391 e. The molecule has 0 aliphatic rings. The number of amides is 2. The maximum Gasteiger partial charge on any atom is 0.239 e. The van der Waals surface area contributed by atoms with Crippen LogP contribution in [0.3, 0.4) is 0 Å². The Morgan fingerprint density at radius 3 is 2.29 bits per heavy atom. The number of carbonyl (C=O) groups excluding carboxylic acids is 2. The molecule has 2 amide bonds. The number of nitrogens with one attached hydrogen (secondary N) is 2. The lowest BCUT2D eigenvalue weighted by Crippen LogP contribution is -2.42. The van der Waals surface area contributed by atoms with Crippen LogP contribution in [0.2, 0.25) is 0 Å². The Morgan fingerprint density at radius 1 is 1.24 bits per heavy atom. The van der Waals surface area contributed by atoms with E-state index < -0.39 is 6.10 Å². The Bertz CT molecular complexity index is 261. The highest BCUT2D eigenvalue weighted by Gasteiger charge is 2.17. The molecule has 0 bridgehead atoms. The van der Waals surface area contributed by atoms with Gasteiger partial charge in [-0.1, -0.05) is 20.8 Å². The second-order valence-electron chi connectivity index (χ2n) is 5.20. The number of rotatable bonds is 6. The summed E-state index contributed by atoms with van der Waals surface area (Å²) in [5.74, 6) is -0.713. The minimum absolute atomic E-state index is 0.0118. The number of aliphatic hydroxyl groups is 1. The summed E-state index contributed by atoms with van der Waals surface area (Å²) in [6, 6.07) is 0. The van der Waals surface area contributed by atoms with Gasteiger partial charge in [0, 0.05) is 6.54 Å². The van der Waals surface area contributed by atoms with Gasteiger partial charge in [0.05, 0.1) is 19.2 Å². The molecule has 100 valence electrons. The number of carbonyl (C=O) groups is 2. The molecular formula is C11H23N3O3. The van der Waals surface area contributed by atoms with E-state index in [0.29, 0.717) is 6.42 Å². The Labute approximate surface area is 102 Å². The lowest BCUT2D eigenvalue weighted by molar-refractivity contribution is -0.125. The van der Waals surface area contributed by atoms with Crippen LogP contribution in [0.15, 0.2) is 0 Å². The highest BCUT2D eigenvalue weighted by atomic mass is 16.3. The van der Waals surface area contributed by atoms with Crippen molar-refractivity contribution in [2.24, 2.45) is 11.1 Å². The van der Waals surface area contributed by atoms with Gasteiger partial charge in [-0.05, 0) is 11.8 Å². The van der Waals surface area contributed by atoms with E-state index in [0.717, 1.165) is 0 Å². The van der Waals surface area contributed by atoms with Gasteiger partial charge in [-0.15, -0.1) is 0 Å². The van der Waals surface area contributed by atoms with E-state index in [9.17, 15) is 14.7 Å². The van der Waals surface area contributed by atoms with Crippen molar-refractivity contribution in [1.29, 1.82) is 0 Å². The summed E-state index contributed by atoms with van der Waals surface area (Å²) in [6.45, 7) is 5.98. The number of hydrogen-bond acceptors (Lipinski definition) is 4. The van der Waals surface area contributed by atoms with Gasteiger partial charge in [0.25, 0.3) is 0 Å². The molecule has 5 N–H and O–H groups in total. The van der Waals surface area contributed by atoms with Gasteiger partial charge >= 0.3 is 0 Å². The third kappa shape index (κ3) is 9.77. The van der Waals surface area contributed by atoms with E-state index in [2.05, 4.69) is 10.6 Å². The van der Waals surface area contributed by atoms with Crippen molar-refractivity contribution in [1.82, 2.24) is 10.6 Å². The summed E-state index contributed by atoms with van der Waals surface area (Å²) in [4.78, 5) is 22.0. The van der Waals surface area contributed by atoms with E-state index in [1.807, 2.05) is 20.8 Å². The van der Waals surface area contributed by atoms with Crippen LogP contribution in [0.5, 0.6) is 0 Å². The van der Waals surface area contributed by atoms with Crippen molar-refractivity contribution in [3.05, 3.63) is 0 Å². The molecule has 0 aliphatic heterocycles. The summed E-state index contributed by atoms with van der Waals surface area (Å²) >= 11 is 0. The van der Waals surface area contributed by atoms with Gasteiger partial charge < -0.3 is 21.5 Å². The predicted molar refractivity (Wildman–Crippen MR) is 65.2 cm³/mol. The third-order valence-corrected chi connectivity index (χ3v) is 2.01. The highest BCUT2D eigenvalue weighted by Crippen LogP contribution is 2.20. The average molecular weight is 245 g/mol. The zero-order chi connectivity index (χ0) is 13.5. The molecule has 0 aromatic rings. The van der Waals surface area contributed by atoms with Crippen molar-refractivity contribution in [3.8, 4) is 0 Å². The van der Waals surface area contributed by atoms with Crippen molar-refractivity contribution in [2.75, 3.05) is 19.6 Å². The van der Waals surface area contributed by atoms with Gasteiger partial charge in [-0.2, -0.15) is 0 Å². The number of aliphatic hydroxyl groups excluding tert-OH is 1. The van der Waals surface area contributed by atoms with Crippen molar-refractivity contribution in [2.45, 2.75) is 33.3 Å². The molecular weight excluding hydrogens is 222 g/mol. The maximum atomic E-state index is 11.3. The van der Waals surface area contributed by atoms with Gasteiger partial charge in [-0.3, -0.25) is 9.59 Å². The van der Waals surface area contributed by atoms with Crippen molar-refractivity contribution in [3.63, 3.8) is 0 Å². The summed E-state index contributed by atoms with van der Waals surface area (Å²) < 4.78 is 0. The molecule has 1 atom stereocenters. The Hall–Kier alpha value is -1.14. The molecule has 0 aromatic heterocycles. The van der Waals surface area contributed by atoms with E-state index in [1.165, 1.54) is 0 Å². The van der Waals surface area contributed by atoms with Crippen LogP contribution in [0.4, 0.5) is 0 Å². The average Bonchev–Trinajstić information content (AvgIpc) is 2.20. The first-order valence-corrected chi connectivity index (χ1v) is 5.66. The maximum absolute atomic E-state index is 11.3. The minimum Gasteiger partial charge on any atom is -0.391 e. The SMILES string of the molecule is CC(C)(C)CC(O)CNC(=O)CNC(=O)CN. The second kappa shape index (κ2) is 7.24. The molecule has 0 heterocycles. The molecule has 0 aromatic carbocycles. The predicted octanol–water partition coefficient (Wildman–Crippen LogP) is -1.03. The molecule has 0 saturated carbocycles. The fourth-order valence-electron chi connectivity index (χ4n) is 1.32. The second-order valence-corrected chi connectivity index (χ2v) is 5.20. The minimum atomic E-state index is -0.579. The van der Waals surface area contributed by atoms with E-state index in [-0.39, 0.29) is 36.9 Å². The monoisotopic (exact) mass is 245 g/mol. The summed E-state index contributed by atoms with van der Waals surface area (Å²) in [5.41, 5.74) is 5.08. The first-order chi connectivity index (χ1) is 7.74. The molecule has 0 radical (unpaired) electrons.